The number of ether oxygens (including phenoxy) is 1. The van der Waals surface area contributed by atoms with Crippen LogP contribution in [-0.2, 0) is 23.1 Å². The summed E-state index contributed by atoms with van der Waals surface area (Å²) >= 11 is 5.93. The van der Waals surface area contributed by atoms with Gasteiger partial charge in [-0.25, -0.2) is 0 Å². The van der Waals surface area contributed by atoms with E-state index in [2.05, 4.69) is 5.32 Å². The van der Waals surface area contributed by atoms with E-state index in [0.717, 1.165) is 11.3 Å². The van der Waals surface area contributed by atoms with E-state index in [1.54, 1.807) is 36.4 Å². The van der Waals surface area contributed by atoms with E-state index in [1.165, 1.54) is 0 Å². The van der Waals surface area contributed by atoms with Crippen LogP contribution in [0.1, 0.15) is 28.8 Å². The number of nitrogens with one attached hydrogen (secondary N) is 1. The van der Waals surface area contributed by atoms with Gasteiger partial charge in [0.25, 0.3) is 5.91 Å². The molecule has 0 unspecified atom stereocenters. The Bertz CT molecular complexity index is 986. The van der Waals surface area contributed by atoms with Crippen LogP contribution in [0, 0.1) is 0 Å². The first-order valence-electron chi connectivity index (χ1n) is 8.78. The Kier molecular flexibility index (Phi) is 6.90. The number of carbonyl (C=O) groups excluding carboxylic acids is 1. The lowest BCUT2D eigenvalue weighted by Crippen LogP contribution is -2.22. The van der Waals surface area contributed by atoms with Crippen molar-refractivity contribution in [3.05, 3.63) is 82.8 Å². The van der Waals surface area contributed by atoms with Crippen LogP contribution in [0.15, 0.2) is 70.0 Å². The number of hydrogen-bond donors (Lipinski definition) is 1. The maximum Gasteiger partial charge on any atom is 0.287 e. The predicted molar refractivity (Wildman–Crippen MR) is 109 cm³/mol. The van der Waals surface area contributed by atoms with Crippen molar-refractivity contribution in [2.24, 2.45) is 0 Å². The van der Waals surface area contributed by atoms with Gasteiger partial charge in [0.15, 0.2) is 5.76 Å². The van der Waals surface area contributed by atoms with Gasteiger partial charge in [0.05, 0.1) is 23.2 Å². The van der Waals surface area contributed by atoms with Crippen molar-refractivity contribution >= 4 is 28.3 Å². The molecule has 0 radical (unpaired) electrons. The van der Waals surface area contributed by atoms with Crippen LogP contribution in [0.4, 0.5) is 0 Å². The first kappa shape index (κ1) is 20.2. The molecule has 5 nitrogen and oxygen atoms in total. The highest BCUT2D eigenvalue weighted by Crippen LogP contribution is 2.20. The molecule has 1 atom stereocenters. The molecule has 0 saturated carbocycles. The minimum Gasteiger partial charge on any atom is -0.494 e. The third-order valence-electron chi connectivity index (χ3n) is 3.93. The molecule has 0 bridgehead atoms. The first-order chi connectivity index (χ1) is 13.6. The second-order valence-corrected chi connectivity index (χ2v) is 7.82. The normalized spacial score (nSPS) is 11.8. The van der Waals surface area contributed by atoms with Crippen LogP contribution in [0.2, 0.25) is 5.02 Å². The van der Waals surface area contributed by atoms with Crippen LogP contribution in [0.5, 0.6) is 5.75 Å². The predicted octanol–water partition coefficient (Wildman–Crippen LogP) is 4.57. The van der Waals surface area contributed by atoms with Crippen LogP contribution < -0.4 is 10.1 Å². The molecule has 2 aromatic carbocycles. The van der Waals surface area contributed by atoms with Crippen molar-refractivity contribution in [2.75, 3.05) is 6.61 Å². The molecule has 1 amide bonds. The van der Waals surface area contributed by atoms with E-state index in [1.807, 2.05) is 31.2 Å². The lowest BCUT2D eigenvalue weighted by Gasteiger charge is -2.10. The Hall–Kier alpha value is -2.57. The number of hydrogen-bond acceptors (Lipinski definition) is 4. The average Bonchev–Trinajstić information content (AvgIpc) is 3.16. The maximum absolute atomic E-state index is 12.4. The van der Waals surface area contributed by atoms with E-state index < -0.39 is 10.8 Å². The Balaban J connectivity index is 1.60. The van der Waals surface area contributed by atoms with Crippen molar-refractivity contribution in [2.45, 2.75) is 24.1 Å². The molecular weight excluding hydrogens is 398 g/mol. The minimum absolute atomic E-state index is 0.167. The third kappa shape index (κ3) is 5.24. The Labute approximate surface area is 171 Å². The Morgan fingerprint density at radius 2 is 1.96 bits per heavy atom. The molecule has 0 aliphatic carbocycles. The quantitative estimate of drug-likeness (QED) is 0.583. The standard InChI is InChI=1S/C21H20ClNO4S/c1-2-26-19-9-4-3-6-15(19)13-23-21(24)20-11-10-17(27-20)14-28(25)18-8-5-7-16(22)12-18/h3-12H,2,13-14H2,1H3,(H,23,24)/t28-/m1/s1. The van der Waals surface area contributed by atoms with Gasteiger partial charge in [0.2, 0.25) is 0 Å². The minimum atomic E-state index is -1.31. The van der Waals surface area contributed by atoms with Crippen LogP contribution in [-0.4, -0.2) is 16.7 Å². The molecule has 3 aromatic rings. The topological polar surface area (TPSA) is 68.5 Å². The second kappa shape index (κ2) is 9.57. The van der Waals surface area contributed by atoms with Gasteiger partial charge < -0.3 is 14.5 Å². The fourth-order valence-corrected chi connectivity index (χ4v) is 3.93. The van der Waals surface area contributed by atoms with E-state index in [0.29, 0.717) is 28.8 Å². The molecule has 3 rings (SSSR count). The second-order valence-electron chi connectivity index (χ2n) is 5.94. The van der Waals surface area contributed by atoms with Crippen LogP contribution in [0.3, 0.4) is 0 Å². The summed E-state index contributed by atoms with van der Waals surface area (Å²) in [5.74, 6) is 1.21. The zero-order valence-electron chi connectivity index (χ0n) is 15.3. The summed E-state index contributed by atoms with van der Waals surface area (Å²) in [6, 6.07) is 17.6. The van der Waals surface area contributed by atoms with Gasteiger partial charge in [0, 0.05) is 22.0 Å². The number of para-hydroxylation sites is 1. The monoisotopic (exact) mass is 417 g/mol. The summed E-state index contributed by atoms with van der Waals surface area (Å²) in [5, 5.41) is 3.34. The molecule has 0 aliphatic rings. The summed E-state index contributed by atoms with van der Waals surface area (Å²) in [6.07, 6.45) is 0. The van der Waals surface area contributed by atoms with Crippen molar-refractivity contribution in [1.29, 1.82) is 0 Å². The molecule has 0 fully saturated rings. The molecule has 0 saturated heterocycles. The lowest BCUT2D eigenvalue weighted by atomic mass is 10.2. The van der Waals surface area contributed by atoms with Crippen molar-refractivity contribution in [1.82, 2.24) is 5.32 Å². The van der Waals surface area contributed by atoms with Crippen molar-refractivity contribution in [3.8, 4) is 5.75 Å². The van der Waals surface area contributed by atoms with Crippen LogP contribution >= 0.6 is 11.6 Å². The number of rotatable bonds is 8. The molecular formula is C21H20ClNO4S. The highest BCUT2D eigenvalue weighted by atomic mass is 35.5. The lowest BCUT2D eigenvalue weighted by molar-refractivity contribution is 0.0921. The summed E-state index contributed by atoms with van der Waals surface area (Å²) in [7, 11) is -1.31. The molecule has 1 N–H and O–H groups in total. The van der Waals surface area contributed by atoms with Gasteiger partial charge in [-0.3, -0.25) is 9.00 Å². The number of benzene rings is 2. The summed E-state index contributed by atoms with van der Waals surface area (Å²) in [4.78, 5) is 13.0. The summed E-state index contributed by atoms with van der Waals surface area (Å²) < 4.78 is 23.6. The molecule has 28 heavy (non-hydrogen) atoms. The average molecular weight is 418 g/mol. The fourth-order valence-electron chi connectivity index (χ4n) is 2.61. The van der Waals surface area contributed by atoms with Gasteiger partial charge in [-0.2, -0.15) is 0 Å². The molecule has 0 spiro atoms. The molecule has 0 aliphatic heterocycles. The van der Waals surface area contributed by atoms with Crippen molar-refractivity contribution in [3.63, 3.8) is 0 Å². The number of amides is 1. The first-order valence-corrected chi connectivity index (χ1v) is 10.5. The third-order valence-corrected chi connectivity index (χ3v) is 5.49. The maximum atomic E-state index is 12.4. The number of carbonyl (C=O) groups is 1. The molecule has 1 aromatic heterocycles. The van der Waals surface area contributed by atoms with Gasteiger partial charge >= 0.3 is 0 Å². The fraction of sp³-hybridized carbons (Fsp3) is 0.190. The summed E-state index contributed by atoms with van der Waals surface area (Å²) in [5.41, 5.74) is 0.881. The van der Waals surface area contributed by atoms with Gasteiger partial charge in [-0.1, -0.05) is 35.9 Å². The Morgan fingerprint density at radius 3 is 2.75 bits per heavy atom. The molecule has 7 heteroatoms. The SMILES string of the molecule is CCOc1ccccc1CNC(=O)c1ccc(C[S@@](=O)c2cccc(Cl)c2)o1. The van der Waals surface area contributed by atoms with Gasteiger partial charge in [-0.05, 0) is 43.3 Å². The van der Waals surface area contributed by atoms with E-state index in [4.69, 9.17) is 20.8 Å². The highest BCUT2D eigenvalue weighted by Gasteiger charge is 2.14. The zero-order valence-corrected chi connectivity index (χ0v) is 16.9. The smallest absolute Gasteiger partial charge is 0.287 e. The van der Waals surface area contributed by atoms with E-state index >= 15 is 0 Å². The Morgan fingerprint density at radius 1 is 1.14 bits per heavy atom. The van der Waals surface area contributed by atoms with Crippen molar-refractivity contribution < 1.29 is 18.2 Å². The largest absolute Gasteiger partial charge is 0.494 e. The van der Waals surface area contributed by atoms with Gasteiger partial charge in [-0.15, -0.1) is 0 Å². The van der Waals surface area contributed by atoms with E-state index in [9.17, 15) is 9.00 Å². The molecule has 1 heterocycles. The van der Waals surface area contributed by atoms with Crippen LogP contribution in [0.25, 0.3) is 0 Å². The number of furan rings is 1. The molecule has 146 valence electrons. The number of halogens is 1. The van der Waals surface area contributed by atoms with Gasteiger partial charge in [0.1, 0.15) is 11.5 Å². The highest BCUT2D eigenvalue weighted by molar-refractivity contribution is 7.84. The summed E-state index contributed by atoms with van der Waals surface area (Å²) in [6.45, 7) is 2.78. The van der Waals surface area contributed by atoms with E-state index in [-0.39, 0.29) is 17.4 Å². The zero-order chi connectivity index (χ0) is 19.9.